The number of aromatic nitrogens is 3. The lowest BCUT2D eigenvalue weighted by Crippen LogP contribution is -2.25. The van der Waals surface area contributed by atoms with Crippen molar-refractivity contribution in [3.63, 3.8) is 0 Å². The van der Waals surface area contributed by atoms with Crippen LogP contribution in [-0.4, -0.2) is 52.5 Å². The highest BCUT2D eigenvalue weighted by atomic mass is 32.2. The fraction of sp³-hybridized carbons (Fsp3) is 0.440. The minimum atomic E-state index is -3.10. The van der Waals surface area contributed by atoms with Crippen LogP contribution in [0.3, 0.4) is 0 Å². The number of carbonyl (C=O) groups excluding carboxylic acids is 2. The number of aryl methyl sites for hydroxylation is 1. The van der Waals surface area contributed by atoms with Crippen molar-refractivity contribution in [1.29, 1.82) is 0 Å². The first-order chi connectivity index (χ1) is 16.8. The smallest absolute Gasteiger partial charge is 0.256 e. The number of fused-ring (bicyclic) bond motifs is 1. The largest absolute Gasteiger partial charge is 0.349 e. The highest BCUT2D eigenvalue weighted by Crippen LogP contribution is 2.41. The molecule has 182 valence electrons. The third kappa shape index (κ3) is 4.42. The Morgan fingerprint density at radius 3 is 2.54 bits per heavy atom. The minimum absolute atomic E-state index is 0.0375. The molecular formula is C25H27N5O4S. The predicted molar refractivity (Wildman–Crippen MR) is 131 cm³/mol. The summed E-state index contributed by atoms with van der Waals surface area (Å²) in [4.78, 5) is 30.8. The van der Waals surface area contributed by atoms with Gasteiger partial charge in [0.05, 0.1) is 34.2 Å². The van der Waals surface area contributed by atoms with Gasteiger partial charge >= 0.3 is 0 Å². The molecule has 35 heavy (non-hydrogen) atoms. The van der Waals surface area contributed by atoms with Crippen LogP contribution in [0.4, 0.5) is 5.69 Å². The summed E-state index contributed by atoms with van der Waals surface area (Å²) in [6.45, 7) is 1.82. The second-order valence-electron chi connectivity index (χ2n) is 9.94. The molecule has 2 saturated carbocycles. The van der Waals surface area contributed by atoms with Crippen molar-refractivity contribution in [1.82, 2.24) is 20.1 Å². The lowest BCUT2D eigenvalue weighted by atomic mass is 10.1. The van der Waals surface area contributed by atoms with Gasteiger partial charge < -0.3 is 10.6 Å². The first-order valence-corrected chi connectivity index (χ1v) is 13.9. The number of rotatable bonds is 6. The number of pyridine rings is 1. The van der Waals surface area contributed by atoms with Crippen molar-refractivity contribution in [2.45, 2.75) is 57.0 Å². The summed E-state index contributed by atoms with van der Waals surface area (Å²) in [5.41, 5.74) is 3.54. The van der Waals surface area contributed by atoms with E-state index in [2.05, 4.69) is 15.7 Å². The molecule has 0 bridgehead atoms. The van der Waals surface area contributed by atoms with Crippen LogP contribution in [0.2, 0.25) is 0 Å². The van der Waals surface area contributed by atoms with E-state index in [9.17, 15) is 18.0 Å². The van der Waals surface area contributed by atoms with Crippen molar-refractivity contribution < 1.29 is 18.0 Å². The van der Waals surface area contributed by atoms with Crippen LogP contribution in [-0.2, 0) is 9.84 Å². The molecule has 2 N–H and O–H groups in total. The van der Waals surface area contributed by atoms with E-state index >= 15 is 0 Å². The summed E-state index contributed by atoms with van der Waals surface area (Å²) in [6, 6.07) is 8.72. The first-order valence-electron chi connectivity index (χ1n) is 12.1. The second kappa shape index (κ2) is 8.15. The number of sulfone groups is 1. The Morgan fingerprint density at radius 1 is 1.06 bits per heavy atom. The average molecular weight is 494 g/mol. The van der Waals surface area contributed by atoms with Gasteiger partial charge in [-0.2, -0.15) is 5.10 Å². The Hall–Kier alpha value is -3.27. The predicted octanol–water partition coefficient (Wildman–Crippen LogP) is 3.12. The molecule has 3 fully saturated rings. The molecule has 0 spiro atoms. The molecule has 1 aliphatic heterocycles. The number of hydrogen-bond donors (Lipinski definition) is 2. The summed E-state index contributed by atoms with van der Waals surface area (Å²) in [6.07, 6.45) is 4.53. The van der Waals surface area contributed by atoms with Gasteiger partial charge in [0, 0.05) is 28.9 Å². The van der Waals surface area contributed by atoms with Gasteiger partial charge in [0.15, 0.2) is 15.5 Å². The van der Waals surface area contributed by atoms with Crippen molar-refractivity contribution in [2.75, 3.05) is 16.8 Å². The van der Waals surface area contributed by atoms with Gasteiger partial charge in [0.25, 0.3) is 11.8 Å². The molecule has 2 aromatic heterocycles. The number of carbonyl (C=O) groups is 2. The lowest BCUT2D eigenvalue weighted by Gasteiger charge is -2.12. The molecule has 9 nitrogen and oxygen atoms in total. The molecule has 2 amide bonds. The molecule has 3 heterocycles. The quantitative estimate of drug-likeness (QED) is 0.544. The SMILES string of the molecule is Cc1nn(C2CCS(=O)(=O)C2)c2nc(C3CC3)cc(C(=O)Nc3cccc(C(=O)NC4CC4)c3)c12. The monoisotopic (exact) mass is 493 g/mol. The number of hydrogen-bond acceptors (Lipinski definition) is 6. The normalized spacial score (nSPS) is 21.2. The van der Waals surface area contributed by atoms with Crippen LogP contribution >= 0.6 is 0 Å². The summed E-state index contributed by atoms with van der Waals surface area (Å²) in [7, 11) is -3.10. The van der Waals surface area contributed by atoms with Crippen LogP contribution in [0.5, 0.6) is 0 Å². The molecule has 1 unspecified atom stereocenters. The molecule has 6 rings (SSSR count). The number of nitrogens with one attached hydrogen (secondary N) is 2. The molecule has 10 heteroatoms. The van der Waals surface area contributed by atoms with Gasteiger partial charge in [-0.3, -0.25) is 9.59 Å². The van der Waals surface area contributed by atoms with E-state index in [1.807, 2.05) is 13.0 Å². The summed E-state index contributed by atoms with van der Waals surface area (Å²) in [5.74, 6) is 0.0282. The maximum atomic E-state index is 13.5. The fourth-order valence-electron chi connectivity index (χ4n) is 4.76. The van der Waals surface area contributed by atoms with Crippen LogP contribution in [0, 0.1) is 6.92 Å². The van der Waals surface area contributed by atoms with Gasteiger partial charge in [0.2, 0.25) is 0 Å². The Bertz CT molecular complexity index is 1470. The molecule has 3 aromatic rings. The van der Waals surface area contributed by atoms with Crippen LogP contribution in [0.1, 0.15) is 76.2 Å². The highest BCUT2D eigenvalue weighted by molar-refractivity contribution is 7.91. The zero-order valence-electron chi connectivity index (χ0n) is 19.5. The standard InChI is InChI=1S/C25H27N5O4S/c1-14-22-20(25(32)27-18-4-2-3-16(11-18)24(31)26-17-7-8-17)12-21(15-5-6-15)28-23(22)30(29-14)19-9-10-35(33,34)13-19/h2-4,11-12,15,17,19H,5-10,13H2,1H3,(H,26,31)(H,27,32). The topological polar surface area (TPSA) is 123 Å². The number of nitrogens with zero attached hydrogens (tertiary/aromatic N) is 3. The van der Waals surface area contributed by atoms with E-state index < -0.39 is 9.84 Å². The Labute approximate surface area is 203 Å². The molecule has 1 aromatic carbocycles. The van der Waals surface area contributed by atoms with Gasteiger partial charge in [-0.25, -0.2) is 18.1 Å². The minimum Gasteiger partial charge on any atom is -0.349 e. The van der Waals surface area contributed by atoms with Crippen LogP contribution in [0.25, 0.3) is 11.0 Å². The van der Waals surface area contributed by atoms with Crippen molar-refractivity contribution >= 4 is 38.4 Å². The summed E-state index contributed by atoms with van der Waals surface area (Å²) in [5, 5.41) is 11.2. The maximum absolute atomic E-state index is 13.5. The third-order valence-electron chi connectivity index (χ3n) is 6.95. The Morgan fingerprint density at radius 2 is 1.86 bits per heavy atom. The van der Waals surface area contributed by atoms with E-state index in [-0.39, 0.29) is 35.4 Å². The van der Waals surface area contributed by atoms with E-state index in [0.29, 0.717) is 45.9 Å². The average Bonchev–Trinajstić information content (AvgIpc) is 3.75. The van der Waals surface area contributed by atoms with E-state index in [1.54, 1.807) is 28.9 Å². The molecule has 1 saturated heterocycles. The Balaban J connectivity index is 1.35. The molecular weight excluding hydrogens is 466 g/mol. The van der Waals surface area contributed by atoms with Crippen molar-refractivity contribution in [3.05, 3.63) is 52.8 Å². The summed E-state index contributed by atoms with van der Waals surface area (Å²) >= 11 is 0. The second-order valence-corrected chi connectivity index (χ2v) is 12.2. The van der Waals surface area contributed by atoms with Crippen LogP contribution < -0.4 is 10.6 Å². The van der Waals surface area contributed by atoms with E-state index in [0.717, 1.165) is 31.4 Å². The zero-order valence-corrected chi connectivity index (χ0v) is 20.3. The van der Waals surface area contributed by atoms with Gasteiger partial charge in [-0.15, -0.1) is 0 Å². The van der Waals surface area contributed by atoms with Gasteiger partial charge in [0.1, 0.15) is 0 Å². The highest BCUT2D eigenvalue weighted by Gasteiger charge is 2.34. The third-order valence-corrected chi connectivity index (χ3v) is 8.70. The molecule has 1 atom stereocenters. The number of anilines is 1. The maximum Gasteiger partial charge on any atom is 0.256 e. The van der Waals surface area contributed by atoms with Gasteiger partial charge in [-0.1, -0.05) is 6.07 Å². The zero-order chi connectivity index (χ0) is 24.3. The van der Waals surface area contributed by atoms with E-state index in [4.69, 9.17) is 4.98 Å². The Kier molecular flexibility index (Phi) is 5.17. The van der Waals surface area contributed by atoms with Gasteiger partial charge in [-0.05, 0) is 63.3 Å². The van der Waals surface area contributed by atoms with Crippen molar-refractivity contribution in [3.8, 4) is 0 Å². The first kappa shape index (κ1) is 22.2. The van der Waals surface area contributed by atoms with E-state index in [1.165, 1.54) is 0 Å². The summed E-state index contributed by atoms with van der Waals surface area (Å²) < 4.78 is 25.9. The van der Waals surface area contributed by atoms with Crippen LogP contribution in [0.15, 0.2) is 30.3 Å². The molecule has 2 aliphatic carbocycles. The fourth-order valence-corrected chi connectivity index (χ4v) is 6.45. The number of benzene rings is 1. The molecule has 3 aliphatic rings. The lowest BCUT2D eigenvalue weighted by molar-refractivity contribution is 0.0949. The number of amides is 2. The van der Waals surface area contributed by atoms with Crippen molar-refractivity contribution in [2.24, 2.45) is 0 Å². The molecule has 0 radical (unpaired) electrons.